The van der Waals surface area contributed by atoms with Crippen LogP contribution in [0.2, 0.25) is 0 Å². The van der Waals surface area contributed by atoms with Gasteiger partial charge in [-0.05, 0) is 44.1 Å². The highest BCUT2D eigenvalue weighted by molar-refractivity contribution is 5.20. The highest BCUT2D eigenvalue weighted by Crippen LogP contribution is 2.19. The van der Waals surface area contributed by atoms with Crippen molar-refractivity contribution in [2.75, 3.05) is 27.2 Å². The smallest absolute Gasteiger partial charge is 0.126 e. The van der Waals surface area contributed by atoms with Gasteiger partial charge in [-0.2, -0.15) is 0 Å². The summed E-state index contributed by atoms with van der Waals surface area (Å²) in [6.45, 7) is 7.98. The first-order valence-corrected chi connectivity index (χ1v) is 6.54. The van der Waals surface area contributed by atoms with Crippen molar-refractivity contribution in [3.05, 3.63) is 35.4 Å². The second-order valence-electron chi connectivity index (χ2n) is 6.21. The van der Waals surface area contributed by atoms with Gasteiger partial charge < -0.3 is 10.2 Å². The van der Waals surface area contributed by atoms with Gasteiger partial charge in [-0.3, -0.25) is 0 Å². The Balaban J connectivity index is 2.62. The fourth-order valence-corrected chi connectivity index (χ4v) is 2.28. The van der Waals surface area contributed by atoms with Crippen LogP contribution in [0.4, 0.5) is 8.78 Å². The highest BCUT2D eigenvalue weighted by atomic mass is 19.1. The first-order chi connectivity index (χ1) is 8.69. The molecule has 1 aromatic carbocycles. The molecule has 2 nitrogen and oxygen atoms in total. The van der Waals surface area contributed by atoms with E-state index in [4.69, 9.17) is 0 Å². The largest absolute Gasteiger partial charge is 0.310 e. The zero-order valence-corrected chi connectivity index (χ0v) is 12.4. The van der Waals surface area contributed by atoms with E-state index in [0.717, 1.165) is 19.2 Å². The lowest BCUT2D eigenvalue weighted by molar-refractivity contribution is 0.227. The number of benzene rings is 1. The van der Waals surface area contributed by atoms with Gasteiger partial charge in [-0.15, -0.1) is 0 Å². The fourth-order valence-electron chi connectivity index (χ4n) is 2.28. The van der Waals surface area contributed by atoms with Crippen molar-refractivity contribution < 1.29 is 8.78 Å². The third-order valence-electron chi connectivity index (χ3n) is 3.02. The zero-order valence-electron chi connectivity index (χ0n) is 12.4. The van der Waals surface area contributed by atoms with Crippen LogP contribution >= 0.6 is 0 Å². The normalized spacial score (nSPS) is 13.9. The Morgan fingerprint density at radius 2 is 1.68 bits per heavy atom. The molecule has 19 heavy (non-hydrogen) atoms. The Kier molecular flexibility index (Phi) is 5.44. The van der Waals surface area contributed by atoms with Gasteiger partial charge in [0.05, 0.1) is 0 Å². The van der Waals surface area contributed by atoms with Gasteiger partial charge >= 0.3 is 0 Å². The predicted molar refractivity (Wildman–Crippen MR) is 75.1 cm³/mol. The minimum atomic E-state index is -0.531. The van der Waals surface area contributed by atoms with Crippen molar-refractivity contribution in [1.29, 1.82) is 0 Å². The van der Waals surface area contributed by atoms with Crippen molar-refractivity contribution in [3.8, 4) is 0 Å². The highest BCUT2D eigenvalue weighted by Gasteiger charge is 2.20. The molecule has 1 unspecified atom stereocenters. The summed E-state index contributed by atoms with van der Waals surface area (Å²) < 4.78 is 26.3. The summed E-state index contributed by atoms with van der Waals surface area (Å²) in [5, 5.41) is 3.34. The summed E-state index contributed by atoms with van der Waals surface area (Å²) in [6.07, 6.45) is 0. The predicted octanol–water partition coefficient (Wildman–Crippen LogP) is 3.20. The van der Waals surface area contributed by atoms with Crippen LogP contribution in [0.25, 0.3) is 0 Å². The monoisotopic (exact) mass is 270 g/mol. The maximum absolute atomic E-state index is 13.2. The molecule has 1 rings (SSSR count). The van der Waals surface area contributed by atoms with Gasteiger partial charge in [-0.25, -0.2) is 8.78 Å². The molecular weight excluding hydrogens is 246 g/mol. The number of hydrogen-bond acceptors (Lipinski definition) is 2. The molecule has 0 amide bonds. The topological polar surface area (TPSA) is 15.3 Å². The molecule has 0 aliphatic rings. The fraction of sp³-hybridized carbons (Fsp3) is 0.600. The lowest BCUT2D eigenvalue weighted by Gasteiger charge is -2.30. The Hall–Kier alpha value is -1.00. The number of halogens is 2. The van der Waals surface area contributed by atoms with E-state index in [0.29, 0.717) is 5.56 Å². The van der Waals surface area contributed by atoms with Gasteiger partial charge in [0.1, 0.15) is 11.6 Å². The van der Waals surface area contributed by atoms with E-state index >= 15 is 0 Å². The van der Waals surface area contributed by atoms with E-state index in [1.165, 1.54) is 12.1 Å². The van der Waals surface area contributed by atoms with E-state index < -0.39 is 11.6 Å². The Morgan fingerprint density at radius 1 is 1.16 bits per heavy atom. The summed E-state index contributed by atoms with van der Waals surface area (Å²) >= 11 is 0. The Labute approximate surface area is 114 Å². The molecular formula is C15H24F2N2. The van der Waals surface area contributed by atoms with E-state index in [1.54, 1.807) is 0 Å². The number of nitrogens with zero attached hydrogens (tertiary/aromatic N) is 1. The second kappa shape index (κ2) is 6.44. The van der Waals surface area contributed by atoms with Crippen molar-refractivity contribution in [3.63, 3.8) is 0 Å². The molecule has 0 fully saturated rings. The second-order valence-corrected chi connectivity index (χ2v) is 6.21. The average molecular weight is 270 g/mol. The molecule has 0 heterocycles. The number of hydrogen-bond donors (Lipinski definition) is 1. The van der Waals surface area contributed by atoms with Crippen molar-refractivity contribution in [1.82, 2.24) is 10.2 Å². The number of nitrogens with one attached hydrogen (secondary N) is 1. The first-order valence-electron chi connectivity index (χ1n) is 6.54. The molecule has 0 aliphatic heterocycles. The van der Waals surface area contributed by atoms with Crippen LogP contribution in [0, 0.1) is 17.0 Å². The third-order valence-corrected chi connectivity index (χ3v) is 3.02. The Morgan fingerprint density at radius 3 is 2.16 bits per heavy atom. The van der Waals surface area contributed by atoms with Crippen molar-refractivity contribution in [2.45, 2.75) is 26.8 Å². The third kappa shape index (κ3) is 5.66. The average Bonchev–Trinajstić information content (AvgIpc) is 2.22. The molecule has 0 saturated carbocycles. The standard InChI is InChI=1S/C15H24F2N2/c1-11(12-6-13(16)8-14(17)7-12)18-9-15(2,3)10-19(4)5/h6-8,11,18H,9-10H2,1-5H3. The minimum Gasteiger partial charge on any atom is -0.310 e. The van der Waals surface area contributed by atoms with Crippen LogP contribution in [0.5, 0.6) is 0 Å². The van der Waals surface area contributed by atoms with Crippen LogP contribution in [-0.4, -0.2) is 32.1 Å². The van der Waals surface area contributed by atoms with E-state index in [2.05, 4.69) is 24.1 Å². The maximum atomic E-state index is 13.2. The maximum Gasteiger partial charge on any atom is 0.126 e. The molecule has 108 valence electrons. The molecule has 0 bridgehead atoms. The van der Waals surface area contributed by atoms with Crippen molar-refractivity contribution >= 4 is 0 Å². The minimum absolute atomic E-state index is 0.0772. The molecule has 1 aromatic rings. The van der Waals surface area contributed by atoms with Gasteiger partial charge in [-0.1, -0.05) is 13.8 Å². The van der Waals surface area contributed by atoms with Crippen LogP contribution < -0.4 is 5.32 Å². The zero-order chi connectivity index (χ0) is 14.6. The summed E-state index contributed by atoms with van der Waals surface area (Å²) in [5.74, 6) is -1.06. The molecule has 0 spiro atoms. The van der Waals surface area contributed by atoms with Crippen LogP contribution in [0.3, 0.4) is 0 Å². The Bertz CT molecular complexity index is 396. The molecule has 4 heteroatoms. The lowest BCUT2D eigenvalue weighted by Crippen LogP contribution is -2.38. The van der Waals surface area contributed by atoms with Gasteiger partial charge in [0.15, 0.2) is 0 Å². The molecule has 0 saturated heterocycles. The van der Waals surface area contributed by atoms with Gasteiger partial charge in [0, 0.05) is 25.2 Å². The lowest BCUT2D eigenvalue weighted by atomic mass is 9.92. The number of rotatable bonds is 6. The van der Waals surface area contributed by atoms with Gasteiger partial charge in [0.25, 0.3) is 0 Å². The SMILES string of the molecule is CC(NCC(C)(C)CN(C)C)c1cc(F)cc(F)c1. The first kappa shape index (κ1) is 16.1. The molecule has 1 atom stereocenters. The van der Waals surface area contributed by atoms with E-state index in [-0.39, 0.29) is 11.5 Å². The van der Waals surface area contributed by atoms with E-state index in [1.807, 2.05) is 21.0 Å². The molecule has 0 aromatic heterocycles. The molecule has 0 aliphatic carbocycles. The summed E-state index contributed by atoms with van der Waals surface area (Å²) in [4.78, 5) is 2.13. The summed E-state index contributed by atoms with van der Waals surface area (Å²) in [5.41, 5.74) is 0.738. The molecule has 1 N–H and O–H groups in total. The molecule has 0 radical (unpaired) electrons. The summed E-state index contributed by atoms with van der Waals surface area (Å²) in [6, 6.07) is 3.57. The van der Waals surface area contributed by atoms with Crippen LogP contribution in [0.15, 0.2) is 18.2 Å². The van der Waals surface area contributed by atoms with Gasteiger partial charge in [0.2, 0.25) is 0 Å². The van der Waals surface area contributed by atoms with Crippen LogP contribution in [0.1, 0.15) is 32.4 Å². The summed E-state index contributed by atoms with van der Waals surface area (Å²) in [7, 11) is 4.07. The quantitative estimate of drug-likeness (QED) is 0.854. The van der Waals surface area contributed by atoms with E-state index in [9.17, 15) is 8.78 Å². The van der Waals surface area contributed by atoms with Crippen LogP contribution in [-0.2, 0) is 0 Å². The van der Waals surface area contributed by atoms with Crippen molar-refractivity contribution in [2.24, 2.45) is 5.41 Å².